The zero-order valence-electron chi connectivity index (χ0n) is 17.7. The van der Waals surface area contributed by atoms with Crippen LogP contribution in [0.5, 0.6) is 5.75 Å². The van der Waals surface area contributed by atoms with Crippen LogP contribution in [0.25, 0.3) is 11.0 Å². The van der Waals surface area contributed by atoms with E-state index in [-0.39, 0.29) is 24.1 Å². The number of para-hydroxylation sites is 2. The van der Waals surface area contributed by atoms with Gasteiger partial charge in [-0.05, 0) is 42.0 Å². The van der Waals surface area contributed by atoms with Crippen LogP contribution < -0.4 is 15.4 Å². The van der Waals surface area contributed by atoms with Gasteiger partial charge in [-0.1, -0.05) is 24.3 Å². The lowest BCUT2D eigenvalue weighted by molar-refractivity contribution is -0.121. The maximum Gasteiger partial charge on any atom is 0.286 e. The summed E-state index contributed by atoms with van der Waals surface area (Å²) in [6, 6.07) is 18.5. The molecule has 0 spiro atoms. The average molecular weight is 432 g/mol. The second kappa shape index (κ2) is 9.82. The van der Waals surface area contributed by atoms with Crippen molar-refractivity contribution < 1.29 is 18.7 Å². The molecule has 0 fully saturated rings. The van der Waals surface area contributed by atoms with E-state index in [9.17, 15) is 9.59 Å². The molecule has 8 nitrogen and oxygen atoms in total. The molecule has 4 rings (SSSR count). The fourth-order valence-electron chi connectivity index (χ4n) is 3.42. The summed E-state index contributed by atoms with van der Waals surface area (Å²) in [5.74, 6) is 1.36. The predicted octanol–water partition coefficient (Wildman–Crippen LogP) is 2.93. The lowest BCUT2D eigenvalue weighted by Crippen LogP contribution is -2.29. The Balaban J connectivity index is 1.41. The third-order valence-electron chi connectivity index (χ3n) is 5.06. The molecule has 8 heteroatoms. The van der Waals surface area contributed by atoms with E-state index in [1.165, 1.54) is 6.26 Å². The number of carbonyl (C=O) groups is 2. The topological polar surface area (TPSA) is 98.4 Å². The standard InChI is InChI=1S/C24H24N4O4/c1-31-18-10-8-17(9-11-18)15-26-23(29)16-28-20-6-3-2-5-19(20)27-22(28)12-13-25-24(30)21-7-4-14-32-21/h2-11,14H,12-13,15-16H2,1H3,(H,25,30)(H,26,29). The maximum atomic E-state index is 12.7. The fraction of sp³-hybridized carbons (Fsp3) is 0.208. The lowest BCUT2D eigenvalue weighted by Gasteiger charge is -2.11. The van der Waals surface area contributed by atoms with Gasteiger partial charge in [-0.3, -0.25) is 9.59 Å². The molecule has 0 radical (unpaired) electrons. The molecule has 32 heavy (non-hydrogen) atoms. The van der Waals surface area contributed by atoms with Crippen LogP contribution in [0.15, 0.2) is 71.3 Å². The first kappa shape index (κ1) is 21.2. The predicted molar refractivity (Wildman–Crippen MR) is 119 cm³/mol. The third-order valence-corrected chi connectivity index (χ3v) is 5.06. The number of benzene rings is 2. The molecule has 0 unspecified atom stereocenters. The number of carbonyl (C=O) groups excluding carboxylic acids is 2. The molecule has 0 aliphatic rings. The van der Waals surface area contributed by atoms with E-state index in [0.717, 1.165) is 28.2 Å². The van der Waals surface area contributed by atoms with Crippen LogP contribution in [0.1, 0.15) is 21.9 Å². The van der Waals surface area contributed by atoms with Crippen molar-refractivity contribution in [2.75, 3.05) is 13.7 Å². The van der Waals surface area contributed by atoms with Gasteiger partial charge in [0.15, 0.2) is 5.76 Å². The van der Waals surface area contributed by atoms with Gasteiger partial charge in [-0.15, -0.1) is 0 Å². The Morgan fingerprint density at radius 2 is 1.84 bits per heavy atom. The van der Waals surface area contributed by atoms with E-state index in [1.54, 1.807) is 19.2 Å². The number of furan rings is 1. The Bertz CT molecular complexity index is 1200. The minimum atomic E-state index is -0.283. The van der Waals surface area contributed by atoms with Gasteiger partial charge in [0.2, 0.25) is 5.91 Å². The largest absolute Gasteiger partial charge is 0.497 e. The van der Waals surface area contributed by atoms with Gasteiger partial charge in [0.1, 0.15) is 18.1 Å². The fourth-order valence-corrected chi connectivity index (χ4v) is 3.42. The minimum absolute atomic E-state index is 0.121. The van der Waals surface area contributed by atoms with Crippen LogP contribution in [-0.2, 0) is 24.3 Å². The van der Waals surface area contributed by atoms with Crippen molar-refractivity contribution in [2.45, 2.75) is 19.5 Å². The maximum absolute atomic E-state index is 12.7. The van der Waals surface area contributed by atoms with Crippen LogP contribution in [0.4, 0.5) is 0 Å². The van der Waals surface area contributed by atoms with Gasteiger partial charge in [0.05, 0.1) is 24.4 Å². The zero-order valence-corrected chi connectivity index (χ0v) is 17.7. The number of amides is 2. The highest BCUT2D eigenvalue weighted by atomic mass is 16.5. The minimum Gasteiger partial charge on any atom is -0.497 e. The number of imidazole rings is 1. The van der Waals surface area contributed by atoms with Crippen LogP contribution in [-0.4, -0.2) is 35.0 Å². The Kier molecular flexibility index (Phi) is 6.50. The molecule has 2 heterocycles. The molecule has 2 aromatic carbocycles. The van der Waals surface area contributed by atoms with E-state index in [2.05, 4.69) is 15.6 Å². The molecular weight excluding hydrogens is 408 g/mol. The smallest absolute Gasteiger partial charge is 0.286 e. The van der Waals surface area contributed by atoms with Crippen LogP contribution in [0.2, 0.25) is 0 Å². The van der Waals surface area contributed by atoms with Gasteiger partial charge < -0.3 is 24.4 Å². The Hall–Kier alpha value is -4.07. The summed E-state index contributed by atoms with van der Waals surface area (Å²) in [5, 5.41) is 5.77. The normalized spacial score (nSPS) is 10.8. The Labute approximate surface area is 185 Å². The van der Waals surface area contributed by atoms with Crippen molar-refractivity contribution in [1.82, 2.24) is 20.2 Å². The first-order chi connectivity index (χ1) is 15.6. The monoisotopic (exact) mass is 432 g/mol. The van der Waals surface area contributed by atoms with Crippen molar-refractivity contribution in [3.05, 3.63) is 84.1 Å². The van der Waals surface area contributed by atoms with Crippen molar-refractivity contribution in [3.8, 4) is 5.75 Å². The summed E-state index contributed by atoms with van der Waals surface area (Å²) in [6.07, 6.45) is 1.94. The van der Waals surface area contributed by atoms with Crippen molar-refractivity contribution in [3.63, 3.8) is 0 Å². The Morgan fingerprint density at radius 3 is 2.59 bits per heavy atom. The summed E-state index contributed by atoms with van der Waals surface area (Å²) in [5.41, 5.74) is 2.66. The number of hydrogen-bond acceptors (Lipinski definition) is 5. The van der Waals surface area contributed by atoms with Crippen LogP contribution >= 0.6 is 0 Å². The third kappa shape index (κ3) is 4.97. The van der Waals surface area contributed by atoms with Gasteiger partial charge >= 0.3 is 0 Å². The summed E-state index contributed by atoms with van der Waals surface area (Å²) in [6.45, 7) is 0.929. The summed E-state index contributed by atoms with van der Waals surface area (Å²) >= 11 is 0. The quantitative estimate of drug-likeness (QED) is 0.424. The first-order valence-corrected chi connectivity index (χ1v) is 10.3. The molecule has 0 atom stereocenters. The van der Waals surface area contributed by atoms with Crippen molar-refractivity contribution >= 4 is 22.8 Å². The van der Waals surface area contributed by atoms with Gasteiger partial charge in [-0.2, -0.15) is 0 Å². The first-order valence-electron chi connectivity index (χ1n) is 10.3. The van der Waals surface area contributed by atoms with Crippen LogP contribution in [0, 0.1) is 0 Å². The molecule has 2 aromatic heterocycles. The SMILES string of the molecule is COc1ccc(CNC(=O)Cn2c(CCNC(=O)c3ccco3)nc3ccccc32)cc1. The molecule has 4 aromatic rings. The molecule has 0 aliphatic heterocycles. The molecule has 2 N–H and O–H groups in total. The molecule has 0 bridgehead atoms. The van der Waals surface area contributed by atoms with Gasteiger partial charge in [0, 0.05) is 19.5 Å². The molecule has 0 saturated heterocycles. The molecule has 164 valence electrons. The highest BCUT2D eigenvalue weighted by Crippen LogP contribution is 2.17. The number of nitrogens with one attached hydrogen (secondary N) is 2. The summed E-state index contributed by atoms with van der Waals surface area (Å²) in [7, 11) is 1.62. The number of nitrogens with zero attached hydrogens (tertiary/aromatic N) is 2. The zero-order chi connectivity index (χ0) is 22.3. The number of ether oxygens (including phenoxy) is 1. The molecule has 0 saturated carbocycles. The summed E-state index contributed by atoms with van der Waals surface area (Å²) in [4.78, 5) is 29.4. The number of fused-ring (bicyclic) bond motifs is 1. The van der Waals surface area contributed by atoms with Crippen molar-refractivity contribution in [2.24, 2.45) is 0 Å². The van der Waals surface area contributed by atoms with Gasteiger partial charge in [-0.25, -0.2) is 4.98 Å². The van der Waals surface area contributed by atoms with Crippen molar-refractivity contribution in [1.29, 1.82) is 0 Å². The molecule has 2 amide bonds. The lowest BCUT2D eigenvalue weighted by atomic mass is 10.2. The van der Waals surface area contributed by atoms with E-state index in [4.69, 9.17) is 9.15 Å². The highest BCUT2D eigenvalue weighted by molar-refractivity contribution is 5.91. The number of rotatable bonds is 9. The molecular formula is C24H24N4O4. The van der Waals surface area contributed by atoms with E-state index in [0.29, 0.717) is 19.5 Å². The van der Waals surface area contributed by atoms with Gasteiger partial charge in [0.25, 0.3) is 5.91 Å². The van der Waals surface area contributed by atoms with E-state index < -0.39 is 0 Å². The summed E-state index contributed by atoms with van der Waals surface area (Å²) < 4.78 is 12.2. The van der Waals surface area contributed by atoms with Crippen LogP contribution in [0.3, 0.4) is 0 Å². The highest BCUT2D eigenvalue weighted by Gasteiger charge is 2.14. The number of hydrogen-bond donors (Lipinski definition) is 2. The number of aromatic nitrogens is 2. The van der Waals surface area contributed by atoms with E-state index in [1.807, 2.05) is 53.1 Å². The Morgan fingerprint density at radius 1 is 1.03 bits per heavy atom. The number of methoxy groups -OCH3 is 1. The molecule has 0 aliphatic carbocycles. The second-order valence-electron chi connectivity index (χ2n) is 7.21. The second-order valence-corrected chi connectivity index (χ2v) is 7.21. The van der Waals surface area contributed by atoms with E-state index >= 15 is 0 Å². The average Bonchev–Trinajstić information content (AvgIpc) is 3.47.